The van der Waals surface area contributed by atoms with Gasteiger partial charge >= 0.3 is 0 Å². The van der Waals surface area contributed by atoms with Crippen molar-refractivity contribution in [3.8, 4) is 0 Å². The zero-order valence-corrected chi connectivity index (χ0v) is 11.1. The predicted octanol–water partition coefficient (Wildman–Crippen LogP) is 0.102. The molecular formula is C14H19N3O2. The maximum atomic E-state index is 12.5. The minimum absolute atomic E-state index is 0.0177. The van der Waals surface area contributed by atoms with Crippen molar-refractivity contribution in [2.75, 3.05) is 33.2 Å². The third-order valence-corrected chi connectivity index (χ3v) is 3.41. The number of likely N-dealkylation sites (N-methyl/N-ethyl adjacent to an activating group) is 1. The fraction of sp³-hybridized carbons (Fsp3) is 0.429. The van der Waals surface area contributed by atoms with E-state index in [1.165, 1.54) is 0 Å². The first-order valence-corrected chi connectivity index (χ1v) is 6.44. The van der Waals surface area contributed by atoms with Gasteiger partial charge in [-0.15, -0.1) is 0 Å². The highest BCUT2D eigenvalue weighted by atomic mass is 16.2. The minimum atomic E-state index is -0.0782. The number of amides is 2. The summed E-state index contributed by atoms with van der Waals surface area (Å²) in [6.45, 7) is 1.83. The van der Waals surface area contributed by atoms with E-state index in [2.05, 4.69) is 0 Å². The van der Waals surface area contributed by atoms with Crippen LogP contribution in [0.4, 0.5) is 0 Å². The van der Waals surface area contributed by atoms with Gasteiger partial charge in [0.05, 0.1) is 0 Å². The molecular weight excluding hydrogens is 242 g/mol. The Balaban J connectivity index is 2.18. The van der Waals surface area contributed by atoms with Gasteiger partial charge in [0.1, 0.15) is 6.54 Å². The molecule has 19 heavy (non-hydrogen) atoms. The average Bonchev–Trinajstić information content (AvgIpc) is 2.42. The Morgan fingerprint density at radius 3 is 2.74 bits per heavy atom. The van der Waals surface area contributed by atoms with Crippen LogP contribution in [0, 0.1) is 0 Å². The molecule has 0 saturated carbocycles. The standard InChI is InChI=1S/C14H19N3O2/c1-16-8-9-17(10-13(16)18)14(19)12-5-3-2-4-11(12)6-7-15/h2-5H,6-10,15H2,1H3. The summed E-state index contributed by atoms with van der Waals surface area (Å²) in [5.74, 6) is -0.0959. The summed E-state index contributed by atoms with van der Waals surface area (Å²) in [5, 5.41) is 0. The normalized spacial score (nSPS) is 15.8. The van der Waals surface area contributed by atoms with E-state index in [0.717, 1.165) is 5.56 Å². The van der Waals surface area contributed by atoms with Gasteiger partial charge in [-0.25, -0.2) is 0 Å². The summed E-state index contributed by atoms with van der Waals surface area (Å²) in [7, 11) is 1.76. The van der Waals surface area contributed by atoms with Crippen LogP contribution in [-0.4, -0.2) is 54.8 Å². The predicted molar refractivity (Wildman–Crippen MR) is 72.7 cm³/mol. The molecule has 2 N–H and O–H groups in total. The Morgan fingerprint density at radius 2 is 2.05 bits per heavy atom. The Bertz CT molecular complexity index is 487. The molecule has 1 saturated heterocycles. The number of carbonyl (C=O) groups excluding carboxylic acids is 2. The van der Waals surface area contributed by atoms with Gasteiger partial charge in [0.15, 0.2) is 0 Å². The minimum Gasteiger partial charge on any atom is -0.342 e. The van der Waals surface area contributed by atoms with Crippen molar-refractivity contribution < 1.29 is 9.59 Å². The van der Waals surface area contributed by atoms with Crippen molar-refractivity contribution in [3.63, 3.8) is 0 Å². The molecule has 2 rings (SSSR count). The SMILES string of the molecule is CN1CCN(C(=O)c2ccccc2CCN)CC1=O. The quantitative estimate of drug-likeness (QED) is 0.839. The van der Waals surface area contributed by atoms with Crippen molar-refractivity contribution in [1.82, 2.24) is 9.80 Å². The monoisotopic (exact) mass is 261 g/mol. The van der Waals surface area contributed by atoms with Crippen LogP contribution in [0.3, 0.4) is 0 Å². The lowest BCUT2D eigenvalue weighted by Gasteiger charge is -2.32. The fourth-order valence-electron chi connectivity index (χ4n) is 2.20. The topological polar surface area (TPSA) is 66.6 Å². The van der Waals surface area contributed by atoms with E-state index in [9.17, 15) is 9.59 Å². The van der Waals surface area contributed by atoms with Crippen LogP contribution in [0.25, 0.3) is 0 Å². The summed E-state index contributed by atoms with van der Waals surface area (Å²) in [4.78, 5) is 27.4. The molecule has 102 valence electrons. The van der Waals surface area contributed by atoms with Crippen molar-refractivity contribution in [3.05, 3.63) is 35.4 Å². The lowest BCUT2D eigenvalue weighted by Crippen LogP contribution is -2.50. The Kier molecular flexibility index (Phi) is 4.16. The van der Waals surface area contributed by atoms with Crippen molar-refractivity contribution >= 4 is 11.8 Å². The third-order valence-electron chi connectivity index (χ3n) is 3.41. The molecule has 0 atom stereocenters. The van der Waals surface area contributed by atoms with Crippen LogP contribution in [0.15, 0.2) is 24.3 Å². The average molecular weight is 261 g/mol. The summed E-state index contributed by atoms with van der Waals surface area (Å²) < 4.78 is 0. The third kappa shape index (κ3) is 2.93. The number of nitrogens with two attached hydrogens (primary N) is 1. The zero-order chi connectivity index (χ0) is 13.8. The van der Waals surface area contributed by atoms with Gasteiger partial charge in [-0.3, -0.25) is 9.59 Å². The molecule has 1 aromatic carbocycles. The second-order valence-corrected chi connectivity index (χ2v) is 4.74. The molecule has 0 radical (unpaired) electrons. The van der Waals surface area contributed by atoms with E-state index in [1.807, 2.05) is 18.2 Å². The maximum Gasteiger partial charge on any atom is 0.254 e. The number of carbonyl (C=O) groups is 2. The molecule has 1 heterocycles. The number of hydrogen-bond donors (Lipinski definition) is 1. The first-order valence-electron chi connectivity index (χ1n) is 6.44. The van der Waals surface area contributed by atoms with Gasteiger partial charge in [-0.1, -0.05) is 18.2 Å². The largest absolute Gasteiger partial charge is 0.342 e. The first-order chi connectivity index (χ1) is 9.13. The molecule has 0 unspecified atom stereocenters. The van der Waals surface area contributed by atoms with E-state index in [4.69, 9.17) is 5.73 Å². The molecule has 1 aromatic rings. The molecule has 0 aromatic heterocycles. The van der Waals surface area contributed by atoms with E-state index in [-0.39, 0.29) is 18.4 Å². The van der Waals surface area contributed by atoms with Gasteiger partial charge in [0, 0.05) is 25.7 Å². The summed E-state index contributed by atoms with van der Waals surface area (Å²) in [6.07, 6.45) is 0.670. The molecule has 0 spiro atoms. The Labute approximate surface area is 113 Å². The first kappa shape index (κ1) is 13.5. The Morgan fingerprint density at radius 1 is 1.32 bits per heavy atom. The summed E-state index contributed by atoms with van der Waals surface area (Å²) in [6, 6.07) is 7.45. The van der Waals surface area contributed by atoms with Crippen LogP contribution in [0.2, 0.25) is 0 Å². The van der Waals surface area contributed by atoms with Gasteiger partial charge in [0.25, 0.3) is 5.91 Å². The second-order valence-electron chi connectivity index (χ2n) is 4.74. The number of hydrogen-bond acceptors (Lipinski definition) is 3. The van der Waals surface area contributed by atoms with Crippen molar-refractivity contribution in [1.29, 1.82) is 0 Å². The number of piperazine rings is 1. The van der Waals surface area contributed by atoms with Gasteiger partial charge in [-0.05, 0) is 24.6 Å². The van der Waals surface area contributed by atoms with E-state index in [1.54, 1.807) is 22.9 Å². The smallest absolute Gasteiger partial charge is 0.254 e. The molecule has 1 fully saturated rings. The van der Waals surface area contributed by atoms with Crippen LogP contribution in [0.1, 0.15) is 15.9 Å². The number of rotatable bonds is 3. The molecule has 0 bridgehead atoms. The van der Waals surface area contributed by atoms with Crippen molar-refractivity contribution in [2.45, 2.75) is 6.42 Å². The van der Waals surface area contributed by atoms with E-state index in [0.29, 0.717) is 31.6 Å². The maximum absolute atomic E-state index is 12.5. The lowest BCUT2D eigenvalue weighted by atomic mass is 10.0. The van der Waals surface area contributed by atoms with Crippen LogP contribution < -0.4 is 5.73 Å². The van der Waals surface area contributed by atoms with Gasteiger partial charge in [0.2, 0.25) is 5.91 Å². The lowest BCUT2D eigenvalue weighted by molar-refractivity contribution is -0.133. The van der Waals surface area contributed by atoms with Crippen LogP contribution in [0.5, 0.6) is 0 Å². The van der Waals surface area contributed by atoms with E-state index >= 15 is 0 Å². The highest BCUT2D eigenvalue weighted by Crippen LogP contribution is 2.14. The molecule has 5 nitrogen and oxygen atoms in total. The highest BCUT2D eigenvalue weighted by molar-refractivity contribution is 5.98. The number of nitrogens with zero attached hydrogens (tertiary/aromatic N) is 2. The molecule has 2 amide bonds. The van der Waals surface area contributed by atoms with Gasteiger partial charge in [-0.2, -0.15) is 0 Å². The molecule has 1 aliphatic rings. The Hall–Kier alpha value is -1.88. The summed E-state index contributed by atoms with van der Waals surface area (Å²) >= 11 is 0. The highest BCUT2D eigenvalue weighted by Gasteiger charge is 2.26. The van der Waals surface area contributed by atoms with Gasteiger partial charge < -0.3 is 15.5 Å². The molecule has 5 heteroatoms. The fourth-order valence-corrected chi connectivity index (χ4v) is 2.20. The zero-order valence-electron chi connectivity index (χ0n) is 11.1. The van der Waals surface area contributed by atoms with Crippen molar-refractivity contribution in [2.24, 2.45) is 5.73 Å². The molecule has 0 aliphatic carbocycles. The molecule has 1 aliphatic heterocycles. The van der Waals surface area contributed by atoms with Crippen LogP contribution >= 0.6 is 0 Å². The number of benzene rings is 1. The summed E-state index contributed by atoms with van der Waals surface area (Å²) in [5.41, 5.74) is 7.17. The van der Waals surface area contributed by atoms with Crippen LogP contribution in [-0.2, 0) is 11.2 Å². The van der Waals surface area contributed by atoms with E-state index < -0.39 is 0 Å². The second kappa shape index (κ2) is 5.84.